The Kier molecular flexibility index (Phi) is 3.33. The van der Waals surface area contributed by atoms with Gasteiger partial charge in [-0.05, 0) is 38.3 Å². The molecule has 1 atom stereocenters. The minimum absolute atomic E-state index is 0.0251. The number of hydrogen-bond donors (Lipinski definition) is 1. The Morgan fingerprint density at radius 2 is 2.24 bits per heavy atom. The summed E-state index contributed by atoms with van der Waals surface area (Å²) >= 11 is 1.64. The van der Waals surface area contributed by atoms with E-state index in [1.807, 2.05) is 31.4 Å². The molecule has 2 aromatic rings. The lowest BCUT2D eigenvalue weighted by Gasteiger charge is -2.11. The summed E-state index contributed by atoms with van der Waals surface area (Å²) in [7, 11) is 0. The third kappa shape index (κ3) is 2.58. The zero-order valence-electron chi connectivity index (χ0n) is 10.1. The molecule has 2 heterocycles. The van der Waals surface area contributed by atoms with E-state index < -0.39 is 0 Å². The number of aryl methyl sites for hydroxylation is 2. The summed E-state index contributed by atoms with van der Waals surface area (Å²) in [6.45, 7) is 5.62. The first-order chi connectivity index (χ1) is 8.08. The van der Waals surface area contributed by atoms with Crippen molar-refractivity contribution in [2.45, 2.75) is 26.8 Å². The van der Waals surface area contributed by atoms with Crippen molar-refractivity contribution >= 4 is 17.2 Å². The van der Waals surface area contributed by atoms with E-state index in [4.69, 9.17) is 4.42 Å². The van der Waals surface area contributed by atoms with Crippen LogP contribution in [0.4, 0.5) is 0 Å². The van der Waals surface area contributed by atoms with Gasteiger partial charge in [0.2, 0.25) is 0 Å². The molecule has 0 spiro atoms. The summed E-state index contributed by atoms with van der Waals surface area (Å²) in [5, 5.41) is 4.97. The number of amides is 1. The highest BCUT2D eigenvalue weighted by Gasteiger charge is 2.16. The van der Waals surface area contributed by atoms with Crippen LogP contribution in [0.1, 0.15) is 39.7 Å². The molecule has 1 unspecified atom stereocenters. The van der Waals surface area contributed by atoms with Gasteiger partial charge in [-0.3, -0.25) is 4.79 Å². The summed E-state index contributed by atoms with van der Waals surface area (Å²) in [5.74, 6) is 1.34. The summed E-state index contributed by atoms with van der Waals surface area (Å²) in [5.41, 5.74) is 0.617. The minimum Gasteiger partial charge on any atom is -0.466 e. The van der Waals surface area contributed by atoms with E-state index in [0.29, 0.717) is 11.3 Å². The lowest BCUT2D eigenvalue weighted by atomic mass is 10.2. The molecular weight excluding hydrogens is 234 g/mol. The van der Waals surface area contributed by atoms with Crippen LogP contribution in [0.15, 0.2) is 28.0 Å². The molecule has 17 heavy (non-hydrogen) atoms. The number of hydrogen-bond acceptors (Lipinski definition) is 3. The lowest BCUT2D eigenvalue weighted by molar-refractivity contribution is 0.0939. The maximum absolute atomic E-state index is 12.0. The smallest absolute Gasteiger partial charge is 0.255 e. The predicted octanol–water partition coefficient (Wildman–Crippen LogP) is 3.45. The Balaban J connectivity index is 2.09. The first-order valence-corrected chi connectivity index (χ1v) is 6.37. The van der Waals surface area contributed by atoms with Crippen molar-refractivity contribution in [1.82, 2.24) is 5.32 Å². The number of rotatable bonds is 3. The van der Waals surface area contributed by atoms with Gasteiger partial charge in [-0.15, -0.1) is 11.3 Å². The van der Waals surface area contributed by atoms with Crippen LogP contribution in [-0.2, 0) is 0 Å². The number of thiophene rings is 1. The van der Waals surface area contributed by atoms with Crippen LogP contribution in [0.25, 0.3) is 0 Å². The van der Waals surface area contributed by atoms with Crippen LogP contribution in [0.5, 0.6) is 0 Å². The van der Waals surface area contributed by atoms with Crippen molar-refractivity contribution in [3.8, 4) is 0 Å². The van der Waals surface area contributed by atoms with E-state index in [-0.39, 0.29) is 11.9 Å². The molecule has 0 aliphatic heterocycles. The molecular formula is C13H15NO2S. The third-order valence-corrected chi connectivity index (χ3v) is 3.66. The van der Waals surface area contributed by atoms with Crippen molar-refractivity contribution in [1.29, 1.82) is 0 Å². The molecule has 90 valence electrons. The van der Waals surface area contributed by atoms with Crippen LogP contribution in [-0.4, -0.2) is 5.91 Å². The van der Waals surface area contributed by atoms with Gasteiger partial charge in [0.1, 0.15) is 11.5 Å². The quantitative estimate of drug-likeness (QED) is 0.905. The highest BCUT2D eigenvalue weighted by molar-refractivity contribution is 7.10. The Labute approximate surface area is 104 Å². The van der Waals surface area contributed by atoms with Gasteiger partial charge in [-0.25, -0.2) is 0 Å². The van der Waals surface area contributed by atoms with Gasteiger partial charge in [0.15, 0.2) is 0 Å². The Morgan fingerprint density at radius 1 is 1.47 bits per heavy atom. The van der Waals surface area contributed by atoms with Crippen molar-refractivity contribution in [2.24, 2.45) is 0 Å². The second-order valence-corrected chi connectivity index (χ2v) is 5.02. The molecule has 4 heteroatoms. The highest BCUT2D eigenvalue weighted by Crippen LogP contribution is 2.20. The molecule has 2 rings (SSSR count). The first-order valence-electron chi connectivity index (χ1n) is 5.49. The van der Waals surface area contributed by atoms with E-state index in [1.165, 1.54) is 0 Å². The molecule has 0 saturated carbocycles. The highest BCUT2D eigenvalue weighted by atomic mass is 32.1. The van der Waals surface area contributed by atoms with Crippen molar-refractivity contribution < 1.29 is 9.21 Å². The average molecular weight is 249 g/mol. The predicted molar refractivity (Wildman–Crippen MR) is 68.4 cm³/mol. The van der Waals surface area contributed by atoms with Gasteiger partial charge >= 0.3 is 0 Å². The molecule has 1 amide bonds. The molecule has 0 aliphatic rings. The fourth-order valence-corrected chi connectivity index (χ4v) is 2.47. The fraction of sp³-hybridized carbons (Fsp3) is 0.308. The normalized spacial score (nSPS) is 12.4. The van der Waals surface area contributed by atoms with Crippen LogP contribution in [0.3, 0.4) is 0 Å². The second kappa shape index (κ2) is 4.75. The van der Waals surface area contributed by atoms with E-state index >= 15 is 0 Å². The van der Waals surface area contributed by atoms with Gasteiger partial charge in [0, 0.05) is 4.88 Å². The van der Waals surface area contributed by atoms with Gasteiger partial charge in [-0.2, -0.15) is 0 Å². The summed E-state index contributed by atoms with van der Waals surface area (Å²) < 4.78 is 5.35. The Bertz CT molecular complexity index is 514. The van der Waals surface area contributed by atoms with Crippen molar-refractivity contribution in [2.75, 3.05) is 0 Å². The van der Waals surface area contributed by atoms with E-state index in [0.717, 1.165) is 10.6 Å². The number of carbonyl (C=O) groups is 1. The zero-order chi connectivity index (χ0) is 12.4. The standard InChI is InChI=1S/C13H15NO2S/c1-8-7-11(10(3)16-8)13(15)14-9(2)12-5-4-6-17-12/h4-7,9H,1-3H3,(H,14,15). The van der Waals surface area contributed by atoms with Crippen LogP contribution >= 0.6 is 11.3 Å². The largest absolute Gasteiger partial charge is 0.466 e. The monoisotopic (exact) mass is 249 g/mol. The van der Waals surface area contributed by atoms with Crippen LogP contribution < -0.4 is 5.32 Å². The maximum atomic E-state index is 12.0. The van der Waals surface area contributed by atoms with Gasteiger partial charge in [0.25, 0.3) is 5.91 Å². The Hall–Kier alpha value is -1.55. The molecule has 2 aromatic heterocycles. The van der Waals surface area contributed by atoms with Gasteiger partial charge in [0.05, 0.1) is 11.6 Å². The minimum atomic E-state index is -0.0831. The first kappa shape index (κ1) is 11.9. The van der Waals surface area contributed by atoms with Gasteiger partial charge < -0.3 is 9.73 Å². The van der Waals surface area contributed by atoms with Crippen molar-refractivity contribution in [3.63, 3.8) is 0 Å². The number of nitrogens with one attached hydrogen (secondary N) is 1. The average Bonchev–Trinajstić information content (AvgIpc) is 2.87. The molecule has 0 saturated heterocycles. The van der Waals surface area contributed by atoms with E-state index in [2.05, 4.69) is 5.32 Å². The molecule has 0 radical (unpaired) electrons. The van der Waals surface area contributed by atoms with E-state index in [9.17, 15) is 4.79 Å². The molecule has 0 fully saturated rings. The number of carbonyl (C=O) groups excluding carboxylic acids is 1. The third-order valence-electron chi connectivity index (χ3n) is 2.60. The van der Waals surface area contributed by atoms with Crippen molar-refractivity contribution in [3.05, 3.63) is 45.5 Å². The summed E-state index contributed by atoms with van der Waals surface area (Å²) in [6, 6.07) is 5.79. The zero-order valence-corrected chi connectivity index (χ0v) is 10.9. The SMILES string of the molecule is Cc1cc(C(=O)NC(C)c2cccs2)c(C)o1. The fourth-order valence-electron chi connectivity index (χ4n) is 1.74. The molecule has 0 aliphatic carbocycles. The summed E-state index contributed by atoms with van der Waals surface area (Å²) in [6.07, 6.45) is 0. The Morgan fingerprint density at radius 3 is 2.76 bits per heavy atom. The van der Waals surface area contributed by atoms with E-state index in [1.54, 1.807) is 24.3 Å². The maximum Gasteiger partial charge on any atom is 0.255 e. The molecule has 1 N–H and O–H groups in total. The summed E-state index contributed by atoms with van der Waals surface area (Å²) in [4.78, 5) is 13.2. The second-order valence-electron chi connectivity index (χ2n) is 4.04. The topological polar surface area (TPSA) is 42.2 Å². The van der Waals surface area contributed by atoms with Crippen LogP contribution in [0, 0.1) is 13.8 Å². The van der Waals surface area contributed by atoms with Gasteiger partial charge in [-0.1, -0.05) is 6.07 Å². The number of furan rings is 1. The molecule has 0 bridgehead atoms. The van der Waals surface area contributed by atoms with Crippen LogP contribution in [0.2, 0.25) is 0 Å². The molecule has 0 aromatic carbocycles. The molecule has 3 nitrogen and oxygen atoms in total. The lowest BCUT2D eigenvalue weighted by Crippen LogP contribution is -2.26.